The van der Waals surface area contributed by atoms with Crippen molar-refractivity contribution in [1.29, 1.82) is 0 Å². The van der Waals surface area contributed by atoms with E-state index in [9.17, 15) is 49.9 Å². The third-order valence-corrected chi connectivity index (χ3v) is 17.5. The SMILES string of the molecule is CCCCCC(=O)NCC[C@H](NC(=O)[C@H](CC1CCCCC1)NC(=O)N1CCOCC1)C(=O)NCCNC(=O)CCCCC[N+]1=C(/C=C/C=C2\N(CC)c3ccc(S(=O)(=O)O)cc3C2(C)C)C(C)(C)c2cc(S(=O)(=O)O)ccc21. The van der Waals surface area contributed by atoms with Gasteiger partial charge in [-0.2, -0.15) is 21.4 Å². The zero-order valence-electron chi connectivity index (χ0n) is 47.0. The highest BCUT2D eigenvalue weighted by Crippen LogP contribution is 2.48. The van der Waals surface area contributed by atoms with Crippen LogP contribution in [0, 0.1) is 5.92 Å². The van der Waals surface area contributed by atoms with Crippen LogP contribution >= 0.6 is 0 Å². The number of hydrogen-bond donors (Lipinski definition) is 7. The molecular formula is C57H85N8O12S2+. The first kappa shape index (κ1) is 62.5. The smallest absolute Gasteiger partial charge is 0.318 e. The standard InChI is InChI=1S/C57H84N8O12S2/c1-7-9-12-22-51(66)58-29-28-45(61-54(69)46(37-40-18-13-10-14-19-40)62-55(70)63-33-35-77-36-34-63)53(68)60-31-30-59-52(67)23-15-11-16-32-65-48-27-25-42(79(74,75)76)39-44(48)57(5,6)50(65)21-17-20-49-56(3,4)43-38-41(78(71,72)73)24-26-47(43)64(49)8-2/h17,20-21,24-27,38-40,45-46H,7-16,18-19,22-23,28-37H2,1-6H3,(H6-,58,59,60,61,62,66,67,68,69,70,71,72,73,74,75,76)/p+1/t45-,46-/m0/s1. The fourth-order valence-electron chi connectivity index (χ4n) is 11.3. The number of fused-ring (bicyclic) bond motifs is 2. The van der Waals surface area contributed by atoms with Crippen LogP contribution in [0.25, 0.3) is 0 Å². The fraction of sp³-hybridized carbons (Fsp3) is 0.614. The van der Waals surface area contributed by atoms with Gasteiger partial charge in [0.2, 0.25) is 29.3 Å². The summed E-state index contributed by atoms with van der Waals surface area (Å²) in [6, 6.07) is 6.94. The van der Waals surface area contributed by atoms with Crippen LogP contribution in [0.3, 0.4) is 0 Å². The minimum absolute atomic E-state index is 0.0851. The molecule has 0 aromatic heterocycles. The van der Waals surface area contributed by atoms with Crippen LogP contribution < -0.4 is 31.5 Å². The number of benzene rings is 2. The Balaban J connectivity index is 1.06. The molecule has 1 saturated carbocycles. The molecule has 0 radical (unpaired) electrons. The highest BCUT2D eigenvalue weighted by atomic mass is 32.2. The van der Waals surface area contributed by atoms with Gasteiger partial charge in [0.15, 0.2) is 5.71 Å². The molecule has 2 aromatic carbocycles. The van der Waals surface area contributed by atoms with Gasteiger partial charge in [0.25, 0.3) is 20.2 Å². The van der Waals surface area contributed by atoms with Gasteiger partial charge in [-0.05, 0) is 101 Å². The van der Waals surface area contributed by atoms with Crippen LogP contribution in [-0.4, -0.2) is 142 Å². The lowest BCUT2D eigenvalue weighted by Crippen LogP contribution is -2.57. The van der Waals surface area contributed by atoms with Gasteiger partial charge in [-0.1, -0.05) is 71.8 Å². The molecule has 22 heteroatoms. The minimum Gasteiger partial charge on any atom is -0.378 e. The van der Waals surface area contributed by atoms with Gasteiger partial charge >= 0.3 is 6.03 Å². The van der Waals surface area contributed by atoms with E-state index in [0.29, 0.717) is 77.1 Å². The van der Waals surface area contributed by atoms with E-state index in [-0.39, 0.29) is 66.0 Å². The van der Waals surface area contributed by atoms with E-state index in [1.165, 1.54) is 24.3 Å². The van der Waals surface area contributed by atoms with E-state index in [4.69, 9.17) is 4.74 Å². The number of hydrogen-bond acceptors (Lipinski definition) is 11. The summed E-state index contributed by atoms with van der Waals surface area (Å²) >= 11 is 0. The Bertz CT molecular complexity index is 2840. The lowest BCUT2D eigenvalue weighted by Gasteiger charge is -2.31. The quantitative estimate of drug-likeness (QED) is 0.0284. The summed E-state index contributed by atoms with van der Waals surface area (Å²) in [6.07, 6.45) is 16.7. The normalized spacial score (nSPS) is 18.5. The number of urea groups is 1. The first-order chi connectivity index (χ1) is 37.5. The summed E-state index contributed by atoms with van der Waals surface area (Å²) in [6.45, 7) is 15.1. The Morgan fingerprint density at radius 3 is 2.00 bits per heavy atom. The number of carbonyl (C=O) groups excluding carboxylic acids is 5. The molecule has 0 bridgehead atoms. The molecule has 4 aliphatic rings. The number of amides is 6. The van der Waals surface area contributed by atoms with E-state index in [0.717, 1.165) is 79.7 Å². The number of carbonyl (C=O) groups is 5. The zero-order chi connectivity index (χ0) is 57.5. The number of rotatable bonds is 27. The van der Waals surface area contributed by atoms with Crippen molar-refractivity contribution in [2.45, 2.75) is 171 Å². The number of likely N-dealkylation sites (N-methyl/N-ethyl adjacent to an activating group) is 1. The summed E-state index contributed by atoms with van der Waals surface area (Å²) < 4.78 is 76.0. The van der Waals surface area contributed by atoms with Crippen LogP contribution in [-0.2, 0) is 55.0 Å². The molecule has 0 spiro atoms. The first-order valence-corrected chi connectivity index (χ1v) is 31.1. The summed E-state index contributed by atoms with van der Waals surface area (Å²) in [7, 11) is -8.91. The van der Waals surface area contributed by atoms with Gasteiger partial charge < -0.3 is 41.1 Å². The van der Waals surface area contributed by atoms with Crippen LogP contribution in [0.1, 0.15) is 149 Å². The van der Waals surface area contributed by atoms with Crippen molar-refractivity contribution in [3.63, 3.8) is 0 Å². The predicted molar refractivity (Wildman–Crippen MR) is 303 cm³/mol. The van der Waals surface area contributed by atoms with Crippen molar-refractivity contribution in [2.24, 2.45) is 5.92 Å². The molecule has 1 aliphatic carbocycles. The summed E-state index contributed by atoms with van der Waals surface area (Å²) in [5.41, 5.74) is 3.56. The van der Waals surface area contributed by atoms with Crippen molar-refractivity contribution in [1.82, 2.24) is 31.5 Å². The molecule has 2 atom stereocenters. The van der Waals surface area contributed by atoms with Crippen molar-refractivity contribution in [3.8, 4) is 0 Å². The van der Waals surface area contributed by atoms with Gasteiger partial charge in [0.1, 0.15) is 18.6 Å². The number of allylic oxidation sites excluding steroid dienone is 4. The van der Waals surface area contributed by atoms with E-state index >= 15 is 0 Å². The minimum atomic E-state index is -4.49. The number of nitrogens with one attached hydrogen (secondary N) is 5. The molecule has 6 amide bonds. The molecule has 3 heterocycles. The molecule has 2 fully saturated rings. The molecule has 436 valence electrons. The van der Waals surface area contributed by atoms with Crippen LogP contribution in [0.5, 0.6) is 0 Å². The molecule has 7 N–H and O–H groups in total. The Morgan fingerprint density at radius 1 is 0.734 bits per heavy atom. The molecule has 0 unspecified atom stereocenters. The van der Waals surface area contributed by atoms with Gasteiger partial charge in [0, 0.05) is 93.0 Å². The molecule has 6 rings (SSSR count). The Labute approximate surface area is 467 Å². The van der Waals surface area contributed by atoms with Crippen molar-refractivity contribution in [3.05, 3.63) is 71.5 Å². The maximum absolute atomic E-state index is 14.0. The van der Waals surface area contributed by atoms with Gasteiger partial charge in [0.05, 0.1) is 28.4 Å². The van der Waals surface area contributed by atoms with E-state index in [1.54, 1.807) is 17.0 Å². The van der Waals surface area contributed by atoms with Gasteiger partial charge in [-0.25, -0.2) is 4.79 Å². The lowest BCUT2D eigenvalue weighted by atomic mass is 9.81. The molecule has 79 heavy (non-hydrogen) atoms. The van der Waals surface area contributed by atoms with Gasteiger partial charge in [-0.3, -0.25) is 28.3 Å². The maximum atomic E-state index is 14.0. The van der Waals surface area contributed by atoms with E-state index in [2.05, 4.69) is 43.0 Å². The monoisotopic (exact) mass is 1140 g/mol. The van der Waals surface area contributed by atoms with Crippen LogP contribution in [0.15, 0.2) is 70.1 Å². The van der Waals surface area contributed by atoms with Crippen LogP contribution in [0.4, 0.5) is 16.2 Å². The number of unbranched alkanes of at least 4 members (excludes halogenated alkanes) is 4. The summed E-state index contributed by atoms with van der Waals surface area (Å²) in [5.74, 6) is -1.03. The number of ether oxygens (including phenoxy) is 1. The lowest BCUT2D eigenvalue weighted by molar-refractivity contribution is -0.438. The zero-order valence-corrected chi connectivity index (χ0v) is 48.7. The molecule has 20 nitrogen and oxygen atoms in total. The number of nitrogens with zero attached hydrogens (tertiary/aromatic N) is 3. The third kappa shape index (κ3) is 16.7. The maximum Gasteiger partial charge on any atom is 0.318 e. The molecule has 1 saturated heterocycles. The third-order valence-electron chi connectivity index (χ3n) is 15.8. The second kappa shape index (κ2) is 28.1. The first-order valence-electron chi connectivity index (χ1n) is 28.3. The van der Waals surface area contributed by atoms with E-state index in [1.807, 2.05) is 52.8 Å². The Hall–Kier alpha value is -5.68. The fourth-order valence-corrected chi connectivity index (χ4v) is 12.3. The molecular weight excluding hydrogens is 1050 g/mol. The highest BCUT2D eigenvalue weighted by Gasteiger charge is 2.45. The largest absolute Gasteiger partial charge is 0.378 e. The second-order valence-corrected chi connectivity index (χ2v) is 25.0. The highest BCUT2D eigenvalue weighted by molar-refractivity contribution is 7.86. The average molecular weight is 1140 g/mol. The average Bonchev–Trinajstić information content (AvgIpc) is 3.82. The van der Waals surface area contributed by atoms with Crippen molar-refractivity contribution >= 4 is 67.0 Å². The number of morpholine rings is 1. The van der Waals surface area contributed by atoms with Crippen molar-refractivity contribution in [2.75, 3.05) is 63.9 Å². The topological polar surface area (TPSA) is 273 Å². The molecule has 3 aliphatic heterocycles. The Morgan fingerprint density at radius 2 is 1.35 bits per heavy atom. The summed E-state index contributed by atoms with van der Waals surface area (Å²) in [4.78, 5) is 70.1. The van der Waals surface area contributed by atoms with E-state index < -0.39 is 55.0 Å². The second-order valence-electron chi connectivity index (χ2n) is 22.2. The predicted octanol–water partition coefficient (Wildman–Crippen LogP) is 6.56. The molecule has 2 aromatic rings. The van der Waals surface area contributed by atoms with Crippen molar-refractivity contribution < 1.29 is 59.2 Å². The van der Waals surface area contributed by atoms with Crippen LogP contribution in [0.2, 0.25) is 0 Å². The number of anilines is 1. The summed E-state index contributed by atoms with van der Waals surface area (Å²) in [5, 5.41) is 14.4. The van der Waals surface area contributed by atoms with Gasteiger partial charge in [-0.15, -0.1) is 0 Å². The Kier molecular flexibility index (Phi) is 22.3.